The summed E-state index contributed by atoms with van der Waals surface area (Å²) in [7, 11) is 3.74. The second-order valence-electron chi connectivity index (χ2n) is 4.61. The third kappa shape index (κ3) is 3.30. The van der Waals surface area contributed by atoms with E-state index in [2.05, 4.69) is 15.3 Å². The lowest BCUT2D eigenvalue weighted by molar-refractivity contribution is -0.141. The van der Waals surface area contributed by atoms with Crippen LogP contribution in [-0.4, -0.2) is 40.7 Å². The van der Waals surface area contributed by atoms with Crippen LogP contribution in [0.2, 0.25) is 0 Å². The molecule has 1 aromatic heterocycles. The molecule has 0 amide bonds. The van der Waals surface area contributed by atoms with E-state index >= 15 is 0 Å². The average molecular weight is 238 g/mol. The van der Waals surface area contributed by atoms with Crippen LogP contribution in [0.3, 0.4) is 0 Å². The molecular weight excluding hydrogens is 220 g/mol. The molecule has 0 bridgehead atoms. The first-order valence-corrected chi connectivity index (χ1v) is 5.27. The highest BCUT2D eigenvalue weighted by Crippen LogP contribution is 2.17. The Bertz CT molecular complexity index is 429. The number of aromatic nitrogens is 2. The second kappa shape index (κ2) is 4.57. The lowest BCUT2D eigenvalue weighted by atomic mass is 10.1. The zero-order valence-electron chi connectivity index (χ0n) is 10.8. The number of anilines is 2. The molecule has 2 N–H and O–H groups in total. The molecule has 0 spiro atoms. The van der Waals surface area contributed by atoms with E-state index in [1.165, 1.54) is 0 Å². The number of aliphatic carboxylic acids is 1. The van der Waals surface area contributed by atoms with Gasteiger partial charge in [-0.25, -0.2) is 14.8 Å². The largest absolute Gasteiger partial charge is 0.480 e. The van der Waals surface area contributed by atoms with Crippen molar-refractivity contribution in [1.82, 2.24) is 9.97 Å². The van der Waals surface area contributed by atoms with Gasteiger partial charge >= 0.3 is 5.97 Å². The van der Waals surface area contributed by atoms with Gasteiger partial charge in [-0.05, 0) is 20.8 Å². The first kappa shape index (κ1) is 13.2. The minimum atomic E-state index is -1.07. The molecule has 0 saturated carbocycles. The van der Waals surface area contributed by atoms with Gasteiger partial charge in [0, 0.05) is 20.2 Å². The van der Waals surface area contributed by atoms with E-state index in [0.29, 0.717) is 11.6 Å². The van der Waals surface area contributed by atoms with Crippen molar-refractivity contribution in [2.75, 3.05) is 24.3 Å². The molecular formula is C11H18N4O2. The molecule has 0 unspecified atom stereocenters. The fraction of sp³-hybridized carbons (Fsp3) is 0.545. The Morgan fingerprint density at radius 1 is 1.41 bits per heavy atom. The Hall–Kier alpha value is -1.85. The molecule has 0 radical (unpaired) electrons. The van der Waals surface area contributed by atoms with Crippen LogP contribution < -0.4 is 10.2 Å². The van der Waals surface area contributed by atoms with Crippen molar-refractivity contribution in [1.29, 1.82) is 0 Å². The van der Waals surface area contributed by atoms with Gasteiger partial charge in [0.2, 0.25) is 0 Å². The predicted octanol–water partition coefficient (Wildman–Crippen LogP) is 1.13. The maximum atomic E-state index is 11.0. The van der Waals surface area contributed by atoms with Crippen LogP contribution in [0.25, 0.3) is 0 Å². The lowest BCUT2D eigenvalue weighted by Crippen LogP contribution is -2.40. The monoisotopic (exact) mass is 238 g/mol. The molecule has 17 heavy (non-hydrogen) atoms. The van der Waals surface area contributed by atoms with Crippen molar-refractivity contribution in [3.8, 4) is 0 Å². The molecule has 1 aromatic rings. The molecule has 94 valence electrons. The second-order valence-corrected chi connectivity index (χ2v) is 4.61. The molecule has 0 fully saturated rings. The Morgan fingerprint density at radius 2 is 2.00 bits per heavy atom. The Kier molecular flexibility index (Phi) is 3.55. The highest BCUT2D eigenvalue weighted by Gasteiger charge is 2.27. The van der Waals surface area contributed by atoms with Gasteiger partial charge in [0.25, 0.3) is 0 Å². The van der Waals surface area contributed by atoms with Gasteiger partial charge < -0.3 is 15.3 Å². The predicted molar refractivity (Wildman–Crippen MR) is 66.4 cm³/mol. The van der Waals surface area contributed by atoms with Crippen molar-refractivity contribution in [2.24, 2.45) is 0 Å². The van der Waals surface area contributed by atoms with Crippen LogP contribution in [0.4, 0.5) is 11.6 Å². The van der Waals surface area contributed by atoms with Gasteiger partial charge in [0.15, 0.2) is 0 Å². The molecule has 0 aliphatic rings. The van der Waals surface area contributed by atoms with Crippen LogP contribution >= 0.6 is 0 Å². The number of rotatable bonds is 4. The Morgan fingerprint density at radius 3 is 2.47 bits per heavy atom. The van der Waals surface area contributed by atoms with Crippen molar-refractivity contribution in [2.45, 2.75) is 26.3 Å². The third-order valence-electron chi connectivity index (χ3n) is 2.26. The topological polar surface area (TPSA) is 78.3 Å². The smallest absolute Gasteiger partial charge is 0.328 e. The molecule has 1 heterocycles. The molecule has 6 heteroatoms. The van der Waals surface area contributed by atoms with Crippen LogP contribution in [0, 0.1) is 6.92 Å². The zero-order valence-corrected chi connectivity index (χ0v) is 10.8. The summed E-state index contributed by atoms with van der Waals surface area (Å²) in [5.41, 5.74) is -1.07. The van der Waals surface area contributed by atoms with E-state index in [0.717, 1.165) is 5.82 Å². The number of nitrogens with one attached hydrogen (secondary N) is 1. The molecule has 1 rings (SSSR count). The number of hydrogen-bond donors (Lipinski definition) is 2. The fourth-order valence-electron chi connectivity index (χ4n) is 1.22. The normalized spacial score (nSPS) is 11.1. The van der Waals surface area contributed by atoms with Crippen LogP contribution in [-0.2, 0) is 4.79 Å². The molecule has 6 nitrogen and oxygen atoms in total. The Balaban J connectivity index is 3.03. The van der Waals surface area contributed by atoms with Crippen LogP contribution in [0.1, 0.15) is 19.7 Å². The molecule has 0 aromatic carbocycles. The van der Waals surface area contributed by atoms with Crippen molar-refractivity contribution in [3.05, 3.63) is 11.9 Å². The third-order valence-corrected chi connectivity index (χ3v) is 2.26. The van der Waals surface area contributed by atoms with E-state index < -0.39 is 11.5 Å². The molecule has 0 aliphatic carbocycles. The first-order valence-electron chi connectivity index (χ1n) is 5.27. The number of carboxylic acid groups (broad SMARTS) is 1. The quantitative estimate of drug-likeness (QED) is 0.818. The van der Waals surface area contributed by atoms with Crippen LogP contribution in [0.5, 0.6) is 0 Å². The summed E-state index contributed by atoms with van der Waals surface area (Å²) >= 11 is 0. The number of carboxylic acids is 1. The summed E-state index contributed by atoms with van der Waals surface area (Å²) in [6.45, 7) is 4.94. The summed E-state index contributed by atoms with van der Waals surface area (Å²) in [5.74, 6) is 0.912. The Labute approximate surface area is 101 Å². The highest BCUT2D eigenvalue weighted by atomic mass is 16.4. The minimum Gasteiger partial charge on any atom is -0.480 e. The standard InChI is InChI=1S/C11H18N4O2/c1-7-12-8(6-9(13-7)15(4)5)14-11(2,3)10(16)17/h6H,1-5H3,(H,16,17)(H,12,13,14). The van der Waals surface area contributed by atoms with Crippen molar-refractivity contribution in [3.63, 3.8) is 0 Å². The minimum absolute atomic E-state index is 0.508. The number of aryl methyl sites for hydroxylation is 1. The van der Waals surface area contributed by atoms with Gasteiger partial charge in [-0.2, -0.15) is 0 Å². The average Bonchev–Trinajstić information content (AvgIpc) is 2.15. The summed E-state index contributed by atoms with van der Waals surface area (Å²) < 4.78 is 0. The number of hydrogen-bond acceptors (Lipinski definition) is 5. The zero-order chi connectivity index (χ0) is 13.2. The van der Waals surface area contributed by atoms with E-state index in [1.807, 2.05) is 19.0 Å². The van der Waals surface area contributed by atoms with E-state index in [1.54, 1.807) is 26.8 Å². The first-order chi connectivity index (χ1) is 7.72. The summed E-state index contributed by atoms with van der Waals surface area (Å²) in [4.78, 5) is 21.3. The van der Waals surface area contributed by atoms with Crippen molar-refractivity contribution < 1.29 is 9.90 Å². The molecule has 0 atom stereocenters. The summed E-state index contributed by atoms with van der Waals surface area (Å²) in [5, 5.41) is 11.9. The molecule has 0 aliphatic heterocycles. The van der Waals surface area contributed by atoms with Gasteiger partial charge in [0.1, 0.15) is 23.0 Å². The van der Waals surface area contributed by atoms with Gasteiger partial charge in [-0.15, -0.1) is 0 Å². The van der Waals surface area contributed by atoms with Gasteiger partial charge in [-0.3, -0.25) is 0 Å². The maximum absolute atomic E-state index is 11.0. The van der Waals surface area contributed by atoms with E-state index in [4.69, 9.17) is 5.11 Å². The fourth-order valence-corrected chi connectivity index (χ4v) is 1.22. The summed E-state index contributed by atoms with van der Waals surface area (Å²) in [6.07, 6.45) is 0. The highest BCUT2D eigenvalue weighted by molar-refractivity contribution is 5.81. The van der Waals surface area contributed by atoms with E-state index in [9.17, 15) is 4.79 Å². The van der Waals surface area contributed by atoms with E-state index in [-0.39, 0.29) is 0 Å². The number of nitrogens with zero attached hydrogens (tertiary/aromatic N) is 3. The van der Waals surface area contributed by atoms with Gasteiger partial charge in [-0.1, -0.05) is 0 Å². The SMILES string of the molecule is Cc1nc(NC(C)(C)C(=O)O)cc(N(C)C)n1. The van der Waals surface area contributed by atoms with Crippen molar-refractivity contribution >= 4 is 17.6 Å². The maximum Gasteiger partial charge on any atom is 0.328 e. The van der Waals surface area contributed by atoms with Gasteiger partial charge in [0.05, 0.1) is 0 Å². The van der Waals surface area contributed by atoms with Crippen LogP contribution in [0.15, 0.2) is 6.07 Å². The molecule has 0 saturated heterocycles. The lowest BCUT2D eigenvalue weighted by Gasteiger charge is -2.22. The summed E-state index contributed by atoms with van der Waals surface area (Å²) in [6, 6.07) is 1.72. The number of carbonyl (C=O) groups is 1.